The van der Waals surface area contributed by atoms with Gasteiger partial charge in [0.25, 0.3) is 0 Å². The molecule has 0 amide bonds. The van der Waals surface area contributed by atoms with Crippen molar-refractivity contribution in [2.24, 2.45) is 11.7 Å². The predicted molar refractivity (Wildman–Crippen MR) is 90.5 cm³/mol. The van der Waals surface area contributed by atoms with Gasteiger partial charge in [-0.3, -0.25) is 4.98 Å². The molecule has 2 rings (SSSR count). The molecule has 0 saturated heterocycles. The van der Waals surface area contributed by atoms with Crippen LogP contribution in [0.4, 0.5) is 11.5 Å². The molecule has 0 aliphatic heterocycles. The van der Waals surface area contributed by atoms with Crippen molar-refractivity contribution in [3.63, 3.8) is 0 Å². The van der Waals surface area contributed by atoms with Crippen molar-refractivity contribution in [1.82, 2.24) is 9.97 Å². The maximum atomic E-state index is 6.26. The molecular formula is C15H20Cl2N4. The number of aryl methyl sites for hydroxylation is 1. The maximum Gasteiger partial charge on any atom is 0.149 e. The molecule has 0 unspecified atom stereocenters. The lowest BCUT2D eigenvalue weighted by molar-refractivity contribution is 0.513. The van der Waals surface area contributed by atoms with Crippen LogP contribution in [0.15, 0.2) is 30.6 Å². The Morgan fingerprint density at radius 3 is 2.43 bits per heavy atom. The molecule has 6 heteroatoms. The Labute approximate surface area is 136 Å². The number of aromatic nitrogens is 2. The molecule has 4 nitrogen and oxygen atoms in total. The van der Waals surface area contributed by atoms with Crippen LogP contribution in [-0.4, -0.2) is 9.97 Å². The Hall–Kier alpha value is -1.36. The van der Waals surface area contributed by atoms with Gasteiger partial charge in [-0.15, -0.1) is 12.4 Å². The van der Waals surface area contributed by atoms with Crippen LogP contribution in [0.25, 0.3) is 0 Å². The summed E-state index contributed by atoms with van der Waals surface area (Å²) in [6.45, 7) is 6.09. The largest absolute Gasteiger partial charge is 0.338 e. The van der Waals surface area contributed by atoms with Gasteiger partial charge in [-0.2, -0.15) is 0 Å². The molecule has 21 heavy (non-hydrogen) atoms. The van der Waals surface area contributed by atoms with E-state index >= 15 is 0 Å². The minimum Gasteiger partial charge on any atom is -0.338 e. The van der Waals surface area contributed by atoms with Crippen molar-refractivity contribution in [3.05, 3.63) is 46.9 Å². The quantitative estimate of drug-likeness (QED) is 0.881. The van der Waals surface area contributed by atoms with Crippen LogP contribution < -0.4 is 11.1 Å². The molecule has 1 atom stereocenters. The molecular weight excluding hydrogens is 307 g/mol. The topological polar surface area (TPSA) is 63.8 Å². The highest BCUT2D eigenvalue weighted by Gasteiger charge is 2.13. The lowest BCUT2D eigenvalue weighted by atomic mass is 9.99. The first-order chi connectivity index (χ1) is 9.47. The van der Waals surface area contributed by atoms with Gasteiger partial charge in [-0.1, -0.05) is 25.4 Å². The summed E-state index contributed by atoms with van der Waals surface area (Å²) in [6, 6.07) is 5.67. The lowest BCUT2D eigenvalue weighted by Gasteiger charge is -2.17. The average Bonchev–Trinajstić information content (AvgIpc) is 2.42. The Balaban J connectivity index is 0.00000220. The van der Waals surface area contributed by atoms with E-state index in [0.717, 1.165) is 16.9 Å². The fourth-order valence-electron chi connectivity index (χ4n) is 1.79. The van der Waals surface area contributed by atoms with E-state index in [-0.39, 0.29) is 18.4 Å². The van der Waals surface area contributed by atoms with Crippen LogP contribution in [-0.2, 0) is 0 Å². The summed E-state index contributed by atoms with van der Waals surface area (Å²) in [7, 11) is 0. The van der Waals surface area contributed by atoms with Crippen molar-refractivity contribution < 1.29 is 0 Å². The van der Waals surface area contributed by atoms with Gasteiger partial charge >= 0.3 is 0 Å². The van der Waals surface area contributed by atoms with Crippen LogP contribution >= 0.6 is 24.0 Å². The summed E-state index contributed by atoms with van der Waals surface area (Å²) in [5, 5.41) is 3.70. The molecule has 2 heterocycles. The Kier molecular flexibility index (Phi) is 6.40. The first-order valence-electron chi connectivity index (χ1n) is 6.58. The molecule has 2 aromatic rings. The minimum atomic E-state index is -0.0601. The van der Waals surface area contributed by atoms with Gasteiger partial charge in [0.1, 0.15) is 5.82 Å². The van der Waals surface area contributed by atoms with Crippen molar-refractivity contribution in [2.45, 2.75) is 26.8 Å². The summed E-state index contributed by atoms with van der Waals surface area (Å²) in [5.74, 6) is 0.949. The van der Waals surface area contributed by atoms with E-state index < -0.39 is 0 Å². The third-order valence-corrected chi connectivity index (χ3v) is 3.43. The second kappa shape index (κ2) is 7.59. The van der Waals surface area contributed by atoms with Gasteiger partial charge in [-0.25, -0.2) is 4.98 Å². The van der Waals surface area contributed by atoms with Crippen LogP contribution in [0.2, 0.25) is 5.02 Å². The van der Waals surface area contributed by atoms with Crippen molar-refractivity contribution in [1.29, 1.82) is 0 Å². The zero-order valence-corrected chi connectivity index (χ0v) is 13.9. The monoisotopic (exact) mass is 326 g/mol. The second-order valence-corrected chi connectivity index (χ2v) is 5.59. The van der Waals surface area contributed by atoms with Crippen molar-refractivity contribution in [3.8, 4) is 0 Å². The molecule has 0 saturated carbocycles. The van der Waals surface area contributed by atoms with Gasteiger partial charge in [0.15, 0.2) is 0 Å². The third-order valence-electron chi connectivity index (χ3n) is 3.14. The summed E-state index contributed by atoms with van der Waals surface area (Å²) in [5.41, 5.74) is 8.86. The van der Waals surface area contributed by atoms with Gasteiger partial charge in [-0.05, 0) is 36.6 Å². The van der Waals surface area contributed by atoms with Crippen LogP contribution in [0, 0.1) is 12.8 Å². The lowest BCUT2D eigenvalue weighted by Crippen LogP contribution is -2.17. The molecule has 2 aromatic heterocycles. The summed E-state index contributed by atoms with van der Waals surface area (Å²) in [6.07, 6.45) is 3.52. The number of nitrogens with one attached hydrogen (secondary N) is 1. The van der Waals surface area contributed by atoms with Crippen LogP contribution in [0.5, 0.6) is 0 Å². The predicted octanol–water partition coefficient (Wildman–Crippen LogP) is 4.26. The number of rotatable bonds is 4. The molecule has 0 radical (unpaired) electrons. The highest BCUT2D eigenvalue weighted by atomic mass is 35.5. The summed E-state index contributed by atoms with van der Waals surface area (Å²) < 4.78 is 0. The van der Waals surface area contributed by atoms with E-state index in [1.165, 1.54) is 0 Å². The molecule has 0 aliphatic rings. The fraction of sp³-hybridized carbons (Fsp3) is 0.333. The summed E-state index contributed by atoms with van der Waals surface area (Å²) in [4.78, 5) is 8.57. The third kappa shape index (κ3) is 4.56. The van der Waals surface area contributed by atoms with E-state index in [0.29, 0.717) is 16.8 Å². The number of nitrogens with two attached hydrogens (primary N) is 1. The van der Waals surface area contributed by atoms with Gasteiger partial charge in [0.2, 0.25) is 0 Å². The van der Waals surface area contributed by atoms with Gasteiger partial charge < -0.3 is 11.1 Å². The highest BCUT2D eigenvalue weighted by molar-refractivity contribution is 6.33. The van der Waals surface area contributed by atoms with E-state index in [9.17, 15) is 0 Å². The Morgan fingerprint density at radius 2 is 1.90 bits per heavy atom. The average molecular weight is 327 g/mol. The summed E-state index contributed by atoms with van der Waals surface area (Å²) >= 11 is 6.26. The fourth-order valence-corrected chi connectivity index (χ4v) is 2.01. The van der Waals surface area contributed by atoms with Gasteiger partial charge in [0.05, 0.1) is 16.9 Å². The molecule has 114 valence electrons. The standard InChI is InChI=1S/C15H19ClN4.ClH/c1-9(2)14(17)11-6-13(16)15(19-7-11)20-12-5-4-10(3)18-8-12;/h4-9,14H,17H2,1-3H3,(H,19,20);1H/t14-;/m1./s1. The molecule has 0 fully saturated rings. The zero-order valence-electron chi connectivity index (χ0n) is 12.3. The number of anilines is 2. The first-order valence-corrected chi connectivity index (χ1v) is 6.96. The second-order valence-electron chi connectivity index (χ2n) is 5.18. The van der Waals surface area contributed by atoms with E-state index in [4.69, 9.17) is 17.3 Å². The number of hydrogen-bond acceptors (Lipinski definition) is 4. The van der Waals surface area contributed by atoms with Gasteiger partial charge in [0, 0.05) is 17.9 Å². The van der Waals surface area contributed by atoms with Crippen molar-refractivity contribution >= 4 is 35.5 Å². The smallest absolute Gasteiger partial charge is 0.149 e. The number of halogens is 2. The Bertz CT molecular complexity index is 585. The van der Waals surface area contributed by atoms with Crippen LogP contribution in [0.3, 0.4) is 0 Å². The highest BCUT2D eigenvalue weighted by Crippen LogP contribution is 2.27. The normalized spacial score (nSPS) is 11.9. The number of hydrogen-bond donors (Lipinski definition) is 2. The van der Waals surface area contributed by atoms with Crippen molar-refractivity contribution in [2.75, 3.05) is 5.32 Å². The molecule has 3 N–H and O–H groups in total. The first kappa shape index (κ1) is 17.7. The van der Waals surface area contributed by atoms with E-state index in [1.807, 2.05) is 25.1 Å². The Morgan fingerprint density at radius 1 is 1.19 bits per heavy atom. The molecule has 0 aliphatic carbocycles. The van der Waals surface area contributed by atoms with E-state index in [2.05, 4.69) is 29.1 Å². The zero-order chi connectivity index (χ0) is 14.7. The maximum absolute atomic E-state index is 6.26. The minimum absolute atomic E-state index is 0. The molecule has 0 spiro atoms. The molecule has 0 aromatic carbocycles. The van der Waals surface area contributed by atoms with Crippen LogP contribution in [0.1, 0.15) is 31.1 Å². The van der Waals surface area contributed by atoms with E-state index in [1.54, 1.807) is 12.4 Å². The number of nitrogens with zero attached hydrogens (tertiary/aromatic N) is 2. The molecule has 0 bridgehead atoms. The number of pyridine rings is 2. The SMILES string of the molecule is Cc1ccc(Nc2ncc([C@H](N)C(C)C)cc2Cl)cn1.Cl.